The van der Waals surface area contributed by atoms with Crippen molar-refractivity contribution >= 4 is 5.57 Å². The molecular weight excluding hydrogens is 278 g/mol. The molecule has 0 radical (unpaired) electrons. The Hall–Kier alpha value is -1.86. The second-order valence-electron chi connectivity index (χ2n) is 6.38. The third-order valence-electron chi connectivity index (χ3n) is 4.10. The van der Waals surface area contributed by atoms with Crippen LogP contribution in [-0.4, -0.2) is 25.5 Å². The Balaban J connectivity index is 1.90. The highest BCUT2D eigenvalue weighted by Gasteiger charge is 2.02. The van der Waals surface area contributed by atoms with Crippen molar-refractivity contribution in [3.8, 4) is 0 Å². The van der Waals surface area contributed by atoms with Crippen LogP contribution in [-0.2, 0) is 6.42 Å². The number of hydrogen-bond acceptors (Lipinski definition) is 1. The summed E-state index contributed by atoms with van der Waals surface area (Å²) in [5, 5.41) is 0. The van der Waals surface area contributed by atoms with Gasteiger partial charge < -0.3 is 4.90 Å². The molecule has 0 aliphatic heterocycles. The molecule has 0 heterocycles. The summed E-state index contributed by atoms with van der Waals surface area (Å²) in [5.74, 6) is 0. The van der Waals surface area contributed by atoms with E-state index in [2.05, 4.69) is 85.7 Å². The zero-order valence-corrected chi connectivity index (χ0v) is 14.5. The fourth-order valence-corrected chi connectivity index (χ4v) is 2.83. The van der Waals surface area contributed by atoms with Gasteiger partial charge in [0.1, 0.15) is 0 Å². The van der Waals surface area contributed by atoms with Gasteiger partial charge in [0.25, 0.3) is 0 Å². The first-order valence-electron chi connectivity index (χ1n) is 8.69. The summed E-state index contributed by atoms with van der Waals surface area (Å²) in [7, 11) is 4.29. The number of benzene rings is 2. The maximum Gasteiger partial charge on any atom is -0.00217 e. The fraction of sp³-hybridized carbons (Fsp3) is 0.364. The van der Waals surface area contributed by atoms with Gasteiger partial charge in [0.15, 0.2) is 0 Å². The quantitative estimate of drug-likeness (QED) is 0.558. The average Bonchev–Trinajstić information content (AvgIpc) is 2.58. The lowest BCUT2D eigenvalue weighted by molar-refractivity contribution is 0.403. The molecule has 23 heavy (non-hydrogen) atoms. The van der Waals surface area contributed by atoms with Gasteiger partial charge in [-0.15, -0.1) is 0 Å². The van der Waals surface area contributed by atoms with Crippen LogP contribution in [0.5, 0.6) is 0 Å². The maximum absolute atomic E-state index is 2.45. The number of unbranched alkanes of at least 4 members (excludes halogenated alkanes) is 1. The van der Waals surface area contributed by atoms with Crippen molar-refractivity contribution in [1.29, 1.82) is 0 Å². The lowest BCUT2D eigenvalue weighted by Crippen LogP contribution is -2.12. The Morgan fingerprint density at radius 2 is 1.52 bits per heavy atom. The molecule has 0 bridgehead atoms. The zero-order valence-electron chi connectivity index (χ0n) is 14.5. The normalized spacial score (nSPS) is 11.9. The number of nitrogens with zero attached hydrogens (tertiary/aromatic N) is 1. The molecular formula is C22H29N. The first-order valence-corrected chi connectivity index (χ1v) is 8.69. The topological polar surface area (TPSA) is 3.24 Å². The minimum absolute atomic E-state index is 1.15. The van der Waals surface area contributed by atoms with Gasteiger partial charge in [0.05, 0.1) is 0 Å². The van der Waals surface area contributed by atoms with E-state index < -0.39 is 0 Å². The molecule has 0 unspecified atom stereocenters. The third kappa shape index (κ3) is 6.83. The Kier molecular flexibility index (Phi) is 7.62. The van der Waals surface area contributed by atoms with E-state index in [0.717, 1.165) is 25.8 Å². The molecule has 0 saturated heterocycles. The summed E-state index contributed by atoms with van der Waals surface area (Å²) in [6.07, 6.45) is 8.36. The van der Waals surface area contributed by atoms with Crippen molar-refractivity contribution in [3.05, 3.63) is 77.9 Å². The second-order valence-corrected chi connectivity index (χ2v) is 6.38. The SMILES string of the molecule is CN(C)CCC/C(=C/CCCc1ccccc1)c1ccccc1. The standard InChI is InChI=1S/C22H29N/c1-23(2)19-11-18-22(21-15-7-4-8-16-21)17-10-9-14-20-12-5-3-6-13-20/h3-8,12-13,15-17H,9-11,14,18-19H2,1-2H3/b22-17-. The zero-order chi connectivity index (χ0) is 16.3. The van der Waals surface area contributed by atoms with Crippen LogP contribution in [0.15, 0.2) is 66.7 Å². The molecule has 0 aromatic heterocycles. The van der Waals surface area contributed by atoms with Crippen molar-refractivity contribution in [1.82, 2.24) is 4.90 Å². The van der Waals surface area contributed by atoms with E-state index in [1.54, 1.807) is 0 Å². The number of aryl methyl sites for hydroxylation is 1. The van der Waals surface area contributed by atoms with Crippen LogP contribution in [0.2, 0.25) is 0 Å². The average molecular weight is 307 g/mol. The summed E-state index contributed by atoms with van der Waals surface area (Å²) < 4.78 is 0. The Morgan fingerprint density at radius 3 is 2.17 bits per heavy atom. The first kappa shape index (κ1) is 17.5. The molecule has 0 atom stereocenters. The molecule has 122 valence electrons. The predicted octanol–water partition coefficient (Wildman–Crippen LogP) is 5.43. The molecule has 0 fully saturated rings. The highest BCUT2D eigenvalue weighted by atomic mass is 15.0. The minimum atomic E-state index is 1.15. The highest BCUT2D eigenvalue weighted by Crippen LogP contribution is 2.21. The molecule has 0 amide bonds. The van der Waals surface area contributed by atoms with Crippen LogP contribution in [0, 0.1) is 0 Å². The van der Waals surface area contributed by atoms with Crippen LogP contribution in [0.25, 0.3) is 5.57 Å². The summed E-state index contributed by atoms with van der Waals surface area (Å²) in [6.45, 7) is 1.15. The summed E-state index contributed by atoms with van der Waals surface area (Å²) in [5.41, 5.74) is 4.32. The molecule has 0 saturated carbocycles. The Labute approximate surface area is 141 Å². The molecule has 1 heteroatoms. The van der Waals surface area contributed by atoms with Gasteiger partial charge >= 0.3 is 0 Å². The lowest BCUT2D eigenvalue weighted by atomic mass is 9.98. The van der Waals surface area contributed by atoms with Crippen molar-refractivity contribution in [2.45, 2.75) is 32.1 Å². The van der Waals surface area contributed by atoms with Crippen molar-refractivity contribution in [3.63, 3.8) is 0 Å². The molecule has 0 aliphatic rings. The maximum atomic E-state index is 2.45. The molecule has 2 aromatic carbocycles. The van der Waals surface area contributed by atoms with E-state index in [1.165, 1.54) is 29.5 Å². The number of rotatable bonds is 9. The smallest absolute Gasteiger partial charge is 0.00217 e. The molecule has 0 spiro atoms. The van der Waals surface area contributed by atoms with Gasteiger partial charge in [-0.05, 0) is 69.4 Å². The van der Waals surface area contributed by atoms with Gasteiger partial charge in [0, 0.05) is 0 Å². The second kappa shape index (κ2) is 10.0. The van der Waals surface area contributed by atoms with E-state index in [-0.39, 0.29) is 0 Å². The Bertz CT molecular complexity index is 569. The fourth-order valence-electron chi connectivity index (χ4n) is 2.83. The monoisotopic (exact) mass is 307 g/mol. The number of hydrogen-bond donors (Lipinski definition) is 0. The van der Waals surface area contributed by atoms with Gasteiger partial charge in [0.2, 0.25) is 0 Å². The molecule has 0 aliphatic carbocycles. The molecule has 1 nitrogen and oxygen atoms in total. The Morgan fingerprint density at radius 1 is 0.870 bits per heavy atom. The largest absolute Gasteiger partial charge is 0.309 e. The van der Waals surface area contributed by atoms with Crippen molar-refractivity contribution in [2.75, 3.05) is 20.6 Å². The van der Waals surface area contributed by atoms with E-state index in [9.17, 15) is 0 Å². The predicted molar refractivity (Wildman–Crippen MR) is 102 cm³/mol. The minimum Gasteiger partial charge on any atom is -0.309 e. The molecule has 2 aromatic rings. The van der Waals surface area contributed by atoms with Crippen LogP contribution < -0.4 is 0 Å². The van der Waals surface area contributed by atoms with E-state index in [4.69, 9.17) is 0 Å². The summed E-state index contributed by atoms with van der Waals surface area (Å²) in [6, 6.07) is 21.6. The first-order chi connectivity index (χ1) is 11.3. The van der Waals surface area contributed by atoms with Crippen molar-refractivity contribution in [2.24, 2.45) is 0 Å². The molecule has 0 N–H and O–H groups in total. The van der Waals surface area contributed by atoms with Crippen molar-refractivity contribution < 1.29 is 0 Å². The summed E-state index contributed by atoms with van der Waals surface area (Å²) in [4.78, 5) is 2.26. The van der Waals surface area contributed by atoms with Gasteiger partial charge in [-0.1, -0.05) is 66.7 Å². The van der Waals surface area contributed by atoms with Gasteiger partial charge in [-0.25, -0.2) is 0 Å². The van der Waals surface area contributed by atoms with Crippen LogP contribution in [0.1, 0.15) is 36.8 Å². The third-order valence-corrected chi connectivity index (χ3v) is 4.10. The number of allylic oxidation sites excluding steroid dienone is 2. The highest BCUT2D eigenvalue weighted by molar-refractivity contribution is 5.65. The lowest BCUT2D eigenvalue weighted by Gasteiger charge is -2.12. The van der Waals surface area contributed by atoms with E-state index in [0.29, 0.717) is 0 Å². The summed E-state index contributed by atoms with van der Waals surface area (Å²) >= 11 is 0. The van der Waals surface area contributed by atoms with Crippen LogP contribution in [0.3, 0.4) is 0 Å². The van der Waals surface area contributed by atoms with Gasteiger partial charge in [-0.3, -0.25) is 0 Å². The van der Waals surface area contributed by atoms with Gasteiger partial charge in [-0.2, -0.15) is 0 Å². The van der Waals surface area contributed by atoms with E-state index in [1.807, 2.05) is 0 Å². The molecule has 2 rings (SSSR count). The van der Waals surface area contributed by atoms with Crippen LogP contribution in [0.4, 0.5) is 0 Å². The van der Waals surface area contributed by atoms with Crippen LogP contribution >= 0.6 is 0 Å². The van der Waals surface area contributed by atoms with E-state index >= 15 is 0 Å².